The number of aryl methyl sites for hydroxylation is 1. The number of aromatic nitrogens is 2. The molecule has 0 saturated carbocycles. The molecule has 36 heavy (non-hydrogen) atoms. The molecule has 1 aromatic carbocycles. The van der Waals surface area contributed by atoms with E-state index in [1.165, 1.54) is 17.4 Å². The molecule has 1 atom stereocenters. The number of carbonyl (C=O) groups excluding carboxylic acids is 2. The lowest BCUT2D eigenvalue weighted by molar-refractivity contribution is -0.127. The Kier molecular flexibility index (Phi) is 8.27. The van der Waals surface area contributed by atoms with E-state index in [2.05, 4.69) is 21.9 Å². The molecule has 1 fully saturated rings. The molecular weight excluding hydrogens is 494 g/mol. The number of rotatable bonds is 7. The zero-order chi connectivity index (χ0) is 25.7. The summed E-state index contributed by atoms with van der Waals surface area (Å²) in [5.41, 5.74) is 1.52. The van der Waals surface area contributed by atoms with Gasteiger partial charge in [0.2, 0.25) is 5.91 Å². The van der Waals surface area contributed by atoms with Gasteiger partial charge in [-0.2, -0.15) is 0 Å². The summed E-state index contributed by atoms with van der Waals surface area (Å²) in [6, 6.07) is 9.36. The van der Waals surface area contributed by atoms with Gasteiger partial charge in [0.15, 0.2) is 5.13 Å². The molecule has 4 rings (SSSR count). The Morgan fingerprint density at radius 3 is 2.83 bits per heavy atom. The molecule has 1 aliphatic heterocycles. The number of pyridine rings is 1. The van der Waals surface area contributed by atoms with Crippen LogP contribution in [0, 0.1) is 6.92 Å². The molecule has 1 unspecified atom stereocenters. The van der Waals surface area contributed by atoms with Gasteiger partial charge in [0.1, 0.15) is 11.6 Å². The van der Waals surface area contributed by atoms with E-state index < -0.39 is 0 Å². The highest BCUT2D eigenvalue weighted by Gasteiger charge is 2.29. The third-order valence-electron chi connectivity index (χ3n) is 5.91. The average Bonchev–Trinajstić information content (AvgIpc) is 3.22. The van der Waals surface area contributed by atoms with Gasteiger partial charge in [-0.05, 0) is 56.2 Å². The van der Waals surface area contributed by atoms with Crippen LogP contribution in [0.25, 0.3) is 0 Å². The summed E-state index contributed by atoms with van der Waals surface area (Å²) in [5, 5.41) is 3.96. The molecule has 1 N–H and O–H groups in total. The van der Waals surface area contributed by atoms with Crippen LogP contribution in [0.3, 0.4) is 0 Å². The summed E-state index contributed by atoms with van der Waals surface area (Å²) in [4.78, 5) is 39.1. The van der Waals surface area contributed by atoms with Crippen molar-refractivity contribution in [2.75, 3.05) is 32.1 Å². The Morgan fingerprint density at radius 1 is 1.28 bits per heavy atom. The van der Waals surface area contributed by atoms with E-state index in [1.807, 2.05) is 55.3 Å². The summed E-state index contributed by atoms with van der Waals surface area (Å²) in [6.45, 7) is 9.18. The van der Waals surface area contributed by atoms with E-state index in [4.69, 9.17) is 4.74 Å². The first-order valence-corrected chi connectivity index (χ1v) is 13.3. The first-order valence-electron chi connectivity index (χ1n) is 11.6. The SMILES string of the molecule is C=CC(=O)N1CCCN(C(=O)c2cc(Sc3cnc(Nc4ccccn4)s3)c(C)cc2OC)CC1C. The second-order valence-electron chi connectivity index (χ2n) is 8.43. The van der Waals surface area contributed by atoms with Crippen LogP contribution >= 0.6 is 23.1 Å². The van der Waals surface area contributed by atoms with E-state index in [9.17, 15) is 9.59 Å². The van der Waals surface area contributed by atoms with E-state index >= 15 is 0 Å². The maximum Gasteiger partial charge on any atom is 0.257 e. The number of benzene rings is 1. The normalized spacial score (nSPS) is 15.8. The lowest BCUT2D eigenvalue weighted by Crippen LogP contribution is -2.43. The number of ether oxygens (including phenoxy) is 1. The van der Waals surface area contributed by atoms with Gasteiger partial charge in [-0.3, -0.25) is 9.59 Å². The van der Waals surface area contributed by atoms with Crippen molar-refractivity contribution < 1.29 is 14.3 Å². The Balaban J connectivity index is 1.54. The topological polar surface area (TPSA) is 87.7 Å². The summed E-state index contributed by atoms with van der Waals surface area (Å²) in [5.74, 6) is 1.07. The highest BCUT2D eigenvalue weighted by atomic mass is 32.2. The smallest absolute Gasteiger partial charge is 0.257 e. The van der Waals surface area contributed by atoms with Crippen LogP contribution in [0.15, 0.2) is 64.5 Å². The second kappa shape index (κ2) is 11.6. The minimum absolute atomic E-state index is 0.102. The summed E-state index contributed by atoms with van der Waals surface area (Å²) < 4.78 is 6.58. The number of hydrogen-bond acceptors (Lipinski definition) is 8. The minimum Gasteiger partial charge on any atom is -0.496 e. The van der Waals surface area contributed by atoms with Crippen molar-refractivity contribution >= 4 is 45.9 Å². The highest BCUT2D eigenvalue weighted by Crippen LogP contribution is 2.39. The lowest BCUT2D eigenvalue weighted by Gasteiger charge is -2.28. The lowest BCUT2D eigenvalue weighted by atomic mass is 10.1. The molecule has 1 aliphatic rings. The molecule has 3 heterocycles. The molecule has 3 aromatic rings. The Labute approximate surface area is 219 Å². The van der Waals surface area contributed by atoms with Crippen molar-refractivity contribution in [2.45, 2.75) is 35.4 Å². The number of anilines is 2. The van der Waals surface area contributed by atoms with Gasteiger partial charge in [-0.15, -0.1) is 0 Å². The quantitative estimate of drug-likeness (QED) is 0.436. The zero-order valence-electron chi connectivity index (χ0n) is 20.6. The number of thiazole rings is 1. The van der Waals surface area contributed by atoms with Gasteiger partial charge in [-0.1, -0.05) is 35.7 Å². The number of nitrogens with zero attached hydrogens (tertiary/aromatic N) is 4. The van der Waals surface area contributed by atoms with E-state index in [-0.39, 0.29) is 17.9 Å². The summed E-state index contributed by atoms with van der Waals surface area (Å²) >= 11 is 3.08. The number of hydrogen-bond donors (Lipinski definition) is 1. The Bertz CT molecular complexity index is 1250. The minimum atomic E-state index is -0.107. The molecule has 10 heteroatoms. The molecule has 2 aromatic heterocycles. The molecule has 8 nitrogen and oxygen atoms in total. The molecule has 0 aliphatic carbocycles. The predicted molar refractivity (Wildman–Crippen MR) is 143 cm³/mol. The van der Waals surface area contributed by atoms with Crippen molar-refractivity contribution in [3.8, 4) is 5.75 Å². The zero-order valence-corrected chi connectivity index (χ0v) is 22.2. The Hall–Kier alpha value is -3.37. The molecule has 188 valence electrons. The van der Waals surface area contributed by atoms with Crippen LogP contribution in [0.1, 0.15) is 29.3 Å². The Morgan fingerprint density at radius 2 is 2.11 bits per heavy atom. The standard InChI is InChI=1S/C26H29N5O3S2/c1-5-23(32)31-12-8-11-30(16-18(31)3)25(33)19-14-21(17(2)13-20(19)34-4)35-24-15-28-26(36-24)29-22-9-6-7-10-27-22/h5-7,9-10,13-15,18H,1,8,11-12,16H2,2-4H3,(H,27,28,29). The average molecular weight is 524 g/mol. The second-order valence-corrected chi connectivity index (χ2v) is 10.8. The summed E-state index contributed by atoms with van der Waals surface area (Å²) in [7, 11) is 1.58. The number of methoxy groups -OCH3 is 1. The van der Waals surface area contributed by atoms with Crippen LogP contribution < -0.4 is 10.1 Å². The van der Waals surface area contributed by atoms with Crippen molar-refractivity contribution in [2.24, 2.45) is 0 Å². The third-order valence-corrected chi connectivity index (χ3v) is 8.08. The fraction of sp³-hybridized carbons (Fsp3) is 0.308. The van der Waals surface area contributed by atoms with Gasteiger partial charge in [0, 0.05) is 36.8 Å². The molecule has 2 amide bonds. The van der Waals surface area contributed by atoms with Crippen LogP contribution in [0.4, 0.5) is 10.9 Å². The van der Waals surface area contributed by atoms with Gasteiger partial charge in [-0.25, -0.2) is 9.97 Å². The third kappa shape index (κ3) is 5.88. The van der Waals surface area contributed by atoms with Gasteiger partial charge < -0.3 is 19.9 Å². The largest absolute Gasteiger partial charge is 0.496 e. The van der Waals surface area contributed by atoms with Crippen LogP contribution in [-0.4, -0.2) is 64.4 Å². The molecule has 1 saturated heterocycles. The van der Waals surface area contributed by atoms with Crippen molar-refractivity contribution in [1.29, 1.82) is 0 Å². The van der Waals surface area contributed by atoms with Crippen molar-refractivity contribution in [1.82, 2.24) is 19.8 Å². The monoisotopic (exact) mass is 523 g/mol. The fourth-order valence-corrected chi connectivity index (χ4v) is 6.04. The summed E-state index contributed by atoms with van der Waals surface area (Å²) in [6.07, 6.45) is 5.58. The number of amides is 2. The van der Waals surface area contributed by atoms with E-state index in [0.29, 0.717) is 37.4 Å². The molecule has 0 radical (unpaired) electrons. The van der Waals surface area contributed by atoms with Gasteiger partial charge in [0.05, 0.1) is 23.1 Å². The highest BCUT2D eigenvalue weighted by molar-refractivity contribution is 8.01. The molecule has 0 spiro atoms. The van der Waals surface area contributed by atoms with Gasteiger partial charge >= 0.3 is 0 Å². The molecule has 0 bridgehead atoms. The first kappa shape index (κ1) is 25.7. The fourth-order valence-electron chi connectivity index (χ4n) is 4.09. The number of nitrogens with one attached hydrogen (secondary N) is 1. The predicted octanol–water partition coefficient (Wildman–Crippen LogP) is 5.00. The maximum atomic E-state index is 13.6. The van der Waals surface area contributed by atoms with Crippen molar-refractivity contribution in [3.63, 3.8) is 0 Å². The van der Waals surface area contributed by atoms with Crippen molar-refractivity contribution in [3.05, 3.63) is 66.5 Å². The first-order chi connectivity index (χ1) is 17.4. The van der Waals surface area contributed by atoms with E-state index in [0.717, 1.165) is 25.6 Å². The van der Waals surface area contributed by atoms with Crippen LogP contribution in [0.5, 0.6) is 5.75 Å². The van der Waals surface area contributed by atoms with Gasteiger partial charge in [0.25, 0.3) is 5.91 Å². The van der Waals surface area contributed by atoms with Crippen LogP contribution in [-0.2, 0) is 4.79 Å². The maximum absolute atomic E-state index is 13.6. The van der Waals surface area contributed by atoms with Crippen LogP contribution in [0.2, 0.25) is 0 Å². The molecular formula is C26H29N5O3S2. The van der Waals surface area contributed by atoms with E-state index in [1.54, 1.807) is 30.0 Å². The number of carbonyl (C=O) groups is 2.